The van der Waals surface area contributed by atoms with Crippen LogP contribution in [0.5, 0.6) is 17.2 Å². The summed E-state index contributed by atoms with van der Waals surface area (Å²) < 4.78 is 22.6. The van der Waals surface area contributed by atoms with Gasteiger partial charge in [-0.25, -0.2) is 0 Å². The second-order valence-electron chi connectivity index (χ2n) is 6.45. The molecule has 0 unspecified atom stereocenters. The van der Waals surface area contributed by atoms with Crippen molar-refractivity contribution in [1.82, 2.24) is 4.57 Å². The molecule has 0 fully saturated rings. The lowest BCUT2D eigenvalue weighted by atomic mass is 10.1. The van der Waals surface area contributed by atoms with Crippen LogP contribution in [0.25, 0.3) is 10.8 Å². The topological polar surface area (TPSA) is 88.0 Å². The van der Waals surface area contributed by atoms with Gasteiger partial charge in [0, 0.05) is 48.4 Å². The van der Waals surface area contributed by atoms with E-state index in [4.69, 9.17) is 18.9 Å². The highest BCUT2D eigenvalue weighted by Crippen LogP contribution is 2.40. The Balaban J connectivity index is 2.05. The van der Waals surface area contributed by atoms with Gasteiger partial charge in [-0.05, 0) is 6.07 Å². The summed E-state index contributed by atoms with van der Waals surface area (Å²) in [5, 5.41) is 3.89. The largest absolute Gasteiger partial charge is 0.493 e. The quantitative estimate of drug-likeness (QED) is 0.612. The number of carbonyl (C=O) groups excluding carboxylic acids is 1. The number of nitrogens with zero attached hydrogens (tertiary/aromatic N) is 1. The molecule has 2 aromatic carbocycles. The fourth-order valence-corrected chi connectivity index (χ4v) is 3.23. The fraction of sp³-hybridized carbons (Fsp3) is 0.273. The second kappa shape index (κ2) is 9.32. The molecule has 1 heterocycles. The Morgan fingerprint density at radius 2 is 1.60 bits per heavy atom. The Kier molecular flexibility index (Phi) is 6.58. The number of hydrogen-bond donors (Lipinski definition) is 1. The van der Waals surface area contributed by atoms with E-state index in [1.807, 2.05) is 0 Å². The predicted molar refractivity (Wildman–Crippen MR) is 114 cm³/mol. The van der Waals surface area contributed by atoms with E-state index < -0.39 is 0 Å². The summed E-state index contributed by atoms with van der Waals surface area (Å²) in [4.78, 5) is 25.9. The Bertz CT molecular complexity index is 1100. The van der Waals surface area contributed by atoms with Crippen molar-refractivity contribution in [2.75, 3.05) is 40.4 Å². The number of carbonyl (C=O) groups is 1. The Morgan fingerprint density at radius 3 is 2.17 bits per heavy atom. The van der Waals surface area contributed by atoms with Crippen molar-refractivity contribution in [2.24, 2.45) is 0 Å². The third-order valence-electron chi connectivity index (χ3n) is 4.70. The van der Waals surface area contributed by atoms with Gasteiger partial charge in [0.2, 0.25) is 5.75 Å². The summed E-state index contributed by atoms with van der Waals surface area (Å²) in [5.41, 5.74) is 0.662. The van der Waals surface area contributed by atoms with Crippen molar-refractivity contribution >= 4 is 22.4 Å². The number of hydrogen-bond acceptors (Lipinski definition) is 6. The number of fused-ring (bicyclic) bond motifs is 1. The molecule has 0 bridgehead atoms. The van der Waals surface area contributed by atoms with Crippen molar-refractivity contribution in [3.05, 3.63) is 58.5 Å². The zero-order valence-electron chi connectivity index (χ0n) is 17.4. The monoisotopic (exact) mass is 412 g/mol. The Labute approximate surface area is 173 Å². The number of methoxy groups -OCH3 is 4. The van der Waals surface area contributed by atoms with E-state index in [0.717, 1.165) is 0 Å². The van der Waals surface area contributed by atoms with E-state index in [-0.39, 0.29) is 11.5 Å². The standard InChI is InChI=1S/C22H24N2O6/c1-27-10-9-24-13-17(15-7-5-6-8-16(15)22(24)26)21(25)23-14-11-18(28-2)20(30-4)19(12-14)29-3/h5-8,11-13H,9-10H2,1-4H3,(H,23,25). The van der Waals surface area contributed by atoms with Crippen molar-refractivity contribution < 1.29 is 23.7 Å². The van der Waals surface area contributed by atoms with Crippen LogP contribution in [0.1, 0.15) is 10.4 Å². The SMILES string of the molecule is COCCn1cc(C(=O)Nc2cc(OC)c(OC)c(OC)c2)c2ccccc2c1=O. The Hall–Kier alpha value is -3.52. The van der Waals surface area contributed by atoms with Gasteiger partial charge in [-0.1, -0.05) is 18.2 Å². The molecule has 30 heavy (non-hydrogen) atoms. The molecule has 8 heteroatoms. The van der Waals surface area contributed by atoms with E-state index in [0.29, 0.717) is 52.4 Å². The van der Waals surface area contributed by atoms with Gasteiger partial charge < -0.3 is 28.8 Å². The lowest BCUT2D eigenvalue weighted by Crippen LogP contribution is -2.25. The van der Waals surface area contributed by atoms with Gasteiger partial charge in [0.05, 0.1) is 33.5 Å². The number of pyridine rings is 1. The van der Waals surface area contributed by atoms with Crippen LogP contribution >= 0.6 is 0 Å². The summed E-state index contributed by atoms with van der Waals surface area (Å²) in [6.07, 6.45) is 1.55. The summed E-state index contributed by atoms with van der Waals surface area (Å²) in [6.45, 7) is 0.691. The molecule has 0 saturated carbocycles. The van der Waals surface area contributed by atoms with Crippen LogP contribution < -0.4 is 25.1 Å². The van der Waals surface area contributed by atoms with E-state index >= 15 is 0 Å². The van der Waals surface area contributed by atoms with Crippen LogP contribution in [0.4, 0.5) is 5.69 Å². The number of rotatable bonds is 8. The van der Waals surface area contributed by atoms with Crippen molar-refractivity contribution in [3.63, 3.8) is 0 Å². The smallest absolute Gasteiger partial charge is 0.258 e. The van der Waals surface area contributed by atoms with Crippen LogP contribution in [0.15, 0.2) is 47.4 Å². The molecule has 1 N–H and O–H groups in total. The molecule has 0 spiro atoms. The van der Waals surface area contributed by atoms with Crippen LogP contribution in [0.3, 0.4) is 0 Å². The first kappa shape index (κ1) is 21.2. The van der Waals surface area contributed by atoms with Gasteiger partial charge in [0.15, 0.2) is 11.5 Å². The first-order valence-corrected chi connectivity index (χ1v) is 9.26. The summed E-state index contributed by atoms with van der Waals surface area (Å²) in [7, 11) is 6.07. The van der Waals surface area contributed by atoms with Crippen molar-refractivity contribution in [1.29, 1.82) is 0 Å². The molecule has 0 atom stereocenters. The fourth-order valence-electron chi connectivity index (χ4n) is 3.23. The lowest BCUT2D eigenvalue weighted by molar-refractivity contribution is 0.102. The zero-order chi connectivity index (χ0) is 21.7. The highest BCUT2D eigenvalue weighted by atomic mass is 16.5. The highest BCUT2D eigenvalue weighted by molar-refractivity contribution is 6.12. The predicted octanol–water partition coefficient (Wildman–Crippen LogP) is 2.93. The van der Waals surface area contributed by atoms with Gasteiger partial charge in [0.25, 0.3) is 11.5 Å². The number of anilines is 1. The minimum atomic E-state index is -0.369. The van der Waals surface area contributed by atoms with Gasteiger partial charge in [0.1, 0.15) is 0 Å². The molecular weight excluding hydrogens is 388 g/mol. The summed E-state index contributed by atoms with van der Waals surface area (Å²) in [6, 6.07) is 10.3. The van der Waals surface area contributed by atoms with Crippen LogP contribution in [0, 0.1) is 0 Å². The molecule has 0 radical (unpaired) electrons. The molecule has 158 valence electrons. The number of nitrogens with one attached hydrogen (secondary N) is 1. The molecule has 1 amide bonds. The molecule has 1 aromatic heterocycles. The first-order valence-electron chi connectivity index (χ1n) is 9.26. The average molecular weight is 412 g/mol. The van der Waals surface area contributed by atoms with Gasteiger partial charge in [-0.2, -0.15) is 0 Å². The third kappa shape index (κ3) is 4.08. The third-order valence-corrected chi connectivity index (χ3v) is 4.70. The van der Waals surface area contributed by atoms with E-state index in [1.165, 1.54) is 25.9 Å². The Morgan fingerprint density at radius 1 is 0.967 bits per heavy atom. The summed E-state index contributed by atoms with van der Waals surface area (Å²) in [5.74, 6) is 0.896. The molecule has 0 saturated heterocycles. The number of ether oxygens (including phenoxy) is 4. The van der Waals surface area contributed by atoms with Crippen molar-refractivity contribution in [2.45, 2.75) is 6.54 Å². The van der Waals surface area contributed by atoms with E-state index in [9.17, 15) is 9.59 Å². The maximum absolute atomic E-state index is 13.1. The molecule has 3 aromatic rings. The zero-order valence-corrected chi connectivity index (χ0v) is 17.4. The molecule has 0 aliphatic carbocycles. The summed E-state index contributed by atoms with van der Waals surface area (Å²) >= 11 is 0. The van der Waals surface area contributed by atoms with Gasteiger partial charge >= 0.3 is 0 Å². The maximum Gasteiger partial charge on any atom is 0.258 e. The molecular formula is C22H24N2O6. The number of amides is 1. The second-order valence-corrected chi connectivity index (χ2v) is 6.45. The molecule has 8 nitrogen and oxygen atoms in total. The van der Waals surface area contributed by atoms with Crippen LogP contribution in [-0.4, -0.2) is 45.5 Å². The minimum Gasteiger partial charge on any atom is -0.493 e. The normalized spacial score (nSPS) is 10.7. The van der Waals surface area contributed by atoms with E-state index in [1.54, 1.807) is 49.7 Å². The van der Waals surface area contributed by atoms with E-state index in [2.05, 4.69) is 5.32 Å². The molecule has 0 aliphatic rings. The van der Waals surface area contributed by atoms with Crippen molar-refractivity contribution in [3.8, 4) is 17.2 Å². The first-order chi connectivity index (χ1) is 14.5. The lowest BCUT2D eigenvalue weighted by Gasteiger charge is -2.16. The molecule has 3 rings (SSSR count). The van der Waals surface area contributed by atoms with Gasteiger partial charge in [-0.15, -0.1) is 0 Å². The maximum atomic E-state index is 13.1. The minimum absolute atomic E-state index is 0.174. The average Bonchev–Trinajstić information content (AvgIpc) is 2.77. The van der Waals surface area contributed by atoms with Crippen LogP contribution in [0.2, 0.25) is 0 Å². The molecule has 0 aliphatic heterocycles. The van der Waals surface area contributed by atoms with Crippen LogP contribution in [-0.2, 0) is 11.3 Å². The number of benzene rings is 2. The highest BCUT2D eigenvalue weighted by Gasteiger charge is 2.18. The van der Waals surface area contributed by atoms with Gasteiger partial charge in [-0.3, -0.25) is 9.59 Å². The number of aromatic nitrogens is 1.